The van der Waals surface area contributed by atoms with Crippen LogP contribution in [0.2, 0.25) is 0 Å². The van der Waals surface area contributed by atoms with Gasteiger partial charge in [-0.2, -0.15) is 0 Å². The number of amides is 2. The molecule has 3 aromatic rings. The molecule has 3 N–H and O–H groups in total. The molecule has 0 aliphatic rings. The fourth-order valence-corrected chi connectivity index (χ4v) is 2.56. The average Bonchev–Trinajstić information content (AvgIpc) is 3.09. The minimum absolute atomic E-state index is 0.327. The number of imidazole rings is 1. The van der Waals surface area contributed by atoms with E-state index in [2.05, 4.69) is 20.6 Å². The van der Waals surface area contributed by atoms with Crippen LogP contribution in [0.25, 0.3) is 11.0 Å². The van der Waals surface area contributed by atoms with Crippen LogP contribution in [0, 0.1) is 0 Å². The van der Waals surface area contributed by atoms with Gasteiger partial charge in [0.15, 0.2) is 11.5 Å². The summed E-state index contributed by atoms with van der Waals surface area (Å²) in [5, 5.41) is 5.31. The third kappa shape index (κ3) is 4.00. The number of carbonyl (C=O) groups is 2. The summed E-state index contributed by atoms with van der Waals surface area (Å²) in [6.07, 6.45) is 0. The molecule has 0 saturated carbocycles. The molecular weight excluding hydrogens is 348 g/mol. The summed E-state index contributed by atoms with van der Waals surface area (Å²) >= 11 is 0. The molecule has 2 amide bonds. The second-order valence-corrected chi connectivity index (χ2v) is 5.86. The topological polar surface area (TPSA) is 105 Å². The number of methoxy groups -OCH3 is 2. The van der Waals surface area contributed by atoms with Crippen molar-refractivity contribution in [2.75, 3.05) is 19.5 Å². The van der Waals surface area contributed by atoms with Crippen LogP contribution in [0.4, 0.5) is 5.95 Å². The molecule has 0 saturated heterocycles. The standard InChI is InChI=1S/C19H20N4O4/c1-11(17(24)23-19-21-13-6-4-5-7-14(13)22-19)20-18(25)12-8-9-15(26-2)16(10-12)27-3/h4-11H,1-3H3,(H,20,25)(H2,21,22,23,24)/t11-/m0/s1. The summed E-state index contributed by atoms with van der Waals surface area (Å²) in [6.45, 7) is 1.59. The molecule has 0 radical (unpaired) electrons. The second-order valence-electron chi connectivity index (χ2n) is 5.86. The molecule has 0 fully saturated rings. The molecule has 0 aliphatic carbocycles. The predicted octanol–water partition coefficient (Wildman–Crippen LogP) is 2.34. The first-order valence-corrected chi connectivity index (χ1v) is 8.30. The van der Waals surface area contributed by atoms with Crippen LogP contribution in [0.1, 0.15) is 17.3 Å². The molecule has 1 heterocycles. The first kappa shape index (κ1) is 18.2. The molecule has 140 valence electrons. The number of benzene rings is 2. The van der Waals surface area contributed by atoms with Gasteiger partial charge in [-0.3, -0.25) is 14.9 Å². The lowest BCUT2D eigenvalue weighted by atomic mass is 10.1. The summed E-state index contributed by atoms with van der Waals surface area (Å²) in [5.41, 5.74) is 1.92. The summed E-state index contributed by atoms with van der Waals surface area (Å²) < 4.78 is 10.3. The van der Waals surface area contributed by atoms with E-state index in [1.807, 2.05) is 24.3 Å². The highest BCUT2D eigenvalue weighted by Crippen LogP contribution is 2.27. The maximum atomic E-state index is 12.4. The van der Waals surface area contributed by atoms with E-state index in [1.165, 1.54) is 14.2 Å². The molecule has 2 aromatic carbocycles. The number of fused-ring (bicyclic) bond motifs is 1. The zero-order chi connectivity index (χ0) is 19.4. The number of ether oxygens (including phenoxy) is 2. The predicted molar refractivity (Wildman–Crippen MR) is 101 cm³/mol. The Morgan fingerprint density at radius 2 is 1.81 bits per heavy atom. The van der Waals surface area contributed by atoms with Crippen LogP contribution >= 0.6 is 0 Å². The maximum absolute atomic E-state index is 12.4. The Kier molecular flexibility index (Phi) is 5.25. The summed E-state index contributed by atoms with van der Waals surface area (Å²) in [6, 6.07) is 11.5. The Labute approximate surface area is 155 Å². The van der Waals surface area contributed by atoms with E-state index in [-0.39, 0.29) is 5.91 Å². The van der Waals surface area contributed by atoms with Gasteiger partial charge in [0.05, 0.1) is 25.3 Å². The zero-order valence-corrected chi connectivity index (χ0v) is 15.2. The fourth-order valence-electron chi connectivity index (χ4n) is 2.56. The van der Waals surface area contributed by atoms with Crippen LogP contribution in [-0.4, -0.2) is 42.0 Å². The van der Waals surface area contributed by atoms with Crippen molar-refractivity contribution in [3.05, 3.63) is 48.0 Å². The van der Waals surface area contributed by atoms with E-state index in [1.54, 1.807) is 25.1 Å². The number of nitrogens with one attached hydrogen (secondary N) is 3. The van der Waals surface area contributed by atoms with Crippen LogP contribution in [-0.2, 0) is 4.79 Å². The molecule has 1 atom stereocenters. The lowest BCUT2D eigenvalue weighted by Crippen LogP contribution is -2.41. The van der Waals surface area contributed by atoms with Gasteiger partial charge in [0, 0.05) is 5.56 Å². The first-order valence-electron chi connectivity index (χ1n) is 8.30. The molecule has 8 heteroatoms. The van der Waals surface area contributed by atoms with Gasteiger partial charge >= 0.3 is 0 Å². The molecule has 8 nitrogen and oxygen atoms in total. The molecule has 0 unspecified atom stereocenters. The Morgan fingerprint density at radius 3 is 2.52 bits per heavy atom. The van der Waals surface area contributed by atoms with Crippen molar-refractivity contribution in [1.82, 2.24) is 15.3 Å². The van der Waals surface area contributed by atoms with E-state index in [4.69, 9.17) is 9.47 Å². The van der Waals surface area contributed by atoms with Crippen LogP contribution in [0.5, 0.6) is 11.5 Å². The van der Waals surface area contributed by atoms with Crippen LogP contribution < -0.4 is 20.1 Å². The fraction of sp³-hybridized carbons (Fsp3) is 0.211. The summed E-state index contributed by atoms with van der Waals surface area (Å²) in [5.74, 6) is 0.494. The highest BCUT2D eigenvalue weighted by molar-refractivity contribution is 6.01. The minimum Gasteiger partial charge on any atom is -0.493 e. The summed E-state index contributed by atoms with van der Waals surface area (Å²) in [7, 11) is 3.00. The van der Waals surface area contributed by atoms with Crippen molar-refractivity contribution in [1.29, 1.82) is 0 Å². The normalized spacial score (nSPS) is 11.7. The van der Waals surface area contributed by atoms with E-state index in [9.17, 15) is 9.59 Å². The summed E-state index contributed by atoms with van der Waals surface area (Å²) in [4.78, 5) is 32.1. The number of para-hydroxylation sites is 2. The molecule has 3 rings (SSSR count). The Hall–Kier alpha value is -3.55. The van der Waals surface area contributed by atoms with E-state index in [0.717, 1.165) is 11.0 Å². The van der Waals surface area contributed by atoms with Gasteiger partial charge < -0.3 is 19.8 Å². The monoisotopic (exact) mass is 368 g/mol. The number of nitrogens with zero attached hydrogens (tertiary/aromatic N) is 1. The van der Waals surface area contributed by atoms with Crippen molar-refractivity contribution in [2.45, 2.75) is 13.0 Å². The van der Waals surface area contributed by atoms with Crippen molar-refractivity contribution >= 4 is 28.8 Å². The molecule has 1 aromatic heterocycles. The molecule has 27 heavy (non-hydrogen) atoms. The highest BCUT2D eigenvalue weighted by Gasteiger charge is 2.19. The quantitative estimate of drug-likeness (QED) is 0.619. The Balaban J connectivity index is 1.66. The molecular formula is C19H20N4O4. The van der Waals surface area contributed by atoms with E-state index < -0.39 is 11.9 Å². The molecule has 0 spiro atoms. The third-order valence-corrected chi connectivity index (χ3v) is 4.02. The second kappa shape index (κ2) is 7.77. The third-order valence-electron chi connectivity index (χ3n) is 4.02. The number of aromatic amines is 1. The zero-order valence-electron chi connectivity index (χ0n) is 15.2. The number of aromatic nitrogens is 2. The molecule has 0 bridgehead atoms. The lowest BCUT2D eigenvalue weighted by Gasteiger charge is -2.14. The smallest absolute Gasteiger partial charge is 0.252 e. The number of H-pyrrole nitrogens is 1. The molecule has 0 aliphatic heterocycles. The highest BCUT2D eigenvalue weighted by atomic mass is 16.5. The van der Waals surface area contributed by atoms with E-state index in [0.29, 0.717) is 23.0 Å². The Morgan fingerprint density at radius 1 is 1.07 bits per heavy atom. The SMILES string of the molecule is COc1ccc(C(=O)N[C@@H](C)C(=O)Nc2nc3ccccc3[nH]2)cc1OC. The number of hydrogen-bond donors (Lipinski definition) is 3. The van der Waals surface area contributed by atoms with Gasteiger partial charge in [-0.05, 0) is 37.3 Å². The first-order chi connectivity index (χ1) is 13.0. The van der Waals surface area contributed by atoms with Crippen LogP contribution in [0.15, 0.2) is 42.5 Å². The van der Waals surface area contributed by atoms with Crippen molar-refractivity contribution in [3.8, 4) is 11.5 Å². The minimum atomic E-state index is -0.765. The Bertz CT molecular complexity index is 950. The van der Waals surface area contributed by atoms with Gasteiger partial charge in [0.25, 0.3) is 5.91 Å². The number of anilines is 1. The number of carbonyl (C=O) groups excluding carboxylic acids is 2. The van der Waals surface area contributed by atoms with Gasteiger partial charge in [0.2, 0.25) is 11.9 Å². The van der Waals surface area contributed by atoms with Crippen LogP contribution in [0.3, 0.4) is 0 Å². The average molecular weight is 368 g/mol. The lowest BCUT2D eigenvalue weighted by molar-refractivity contribution is -0.117. The van der Waals surface area contributed by atoms with Gasteiger partial charge in [-0.25, -0.2) is 4.98 Å². The maximum Gasteiger partial charge on any atom is 0.252 e. The number of rotatable bonds is 6. The number of hydrogen-bond acceptors (Lipinski definition) is 5. The van der Waals surface area contributed by atoms with Gasteiger partial charge in [0.1, 0.15) is 6.04 Å². The van der Waals surface area contributed by atoms with Gasteiger partial charge in [-0.15, -0.1) is 0 Å². The van der Waals surface area contributed by atoms with Crippen molar-refractivity contribution in [2.24, 2.45) is 0 Å². The van der Waals surface area contributed by atoms with E-state index >= 15 is 0 Å². The van der Waals surface area contributed by atoms with Gasteiger partial charge in [-0.1, -0.05) is 12.1 Å². The largest absolute Gasteiger partial charge is 0.493 e. The van der Waals surface area contributed by atoms with Crippen molar-refractivity contribution < 1.29 is 19.1 Å². The van der Waals surface area contributed by atoms with Crippen molar-refractivity contribution in [3.63, 3.8) is 0 Å².